The van der Waals surface area contributed by atoms with E-state index in [1.807, 2.05) is 29.8 Å². The molecule has 0 saturated heterocycles. The van der Waals surface area contributed by atoms with Crippen LogP contribution in [0.1, 0.15) is 25.0 Å². The number of aromatic nitrogens is 2. The summed E-state index contributed by atoms with van der Waals surface area (Å²) in [4.78, 5) is 11.8. The van der Waals surface area contributed by atoms with E-state index in [4.69, 9.17) is 9.84 Å². The average molecular weight is 421 g/mol. The van der Waals surface area contributed by atoms with Crippen LogP contribution in [0.15, 0.2) is 42.5 Å². The third-order valence-corrected chi connectivity index (χ3v) is 6.38. The van der Waals surface area contributed by atoms with Crippen LogP contribution in [0.5, 0.6) is 5.75 Å². The molecule has 0 atom stereocenters. The lowest BCUT2D eigenvalue weighted by Crippen LogP contribution is -2.38. The first kappa shape index (κ1) is 19.8. The van der Waals surface area contributed by atoms with Crippen molar-refractivity contribution < 1.29 is 19.0 Å². The number of rotatable bonds is 5. The molecule has 1 aromatic heterocycles. The number of aryl methyl sites for hydroxylation is 1. The van der Waals surface area contributed by atoms with E-state index in [1.165, 1.54) is 12.1 Å². The predicted octanol–water partition coefficient (Wildman–Crippen LogP) is 4.16. The Morgan fingerprint density at radius 3 is 2.61 bits per heavy atom. The van der Waals surface area contributed by atoms with Crippen LogP contribution in [-0.2, 0) is 11.3 Å². The molecule has 2 aromatic carbocycles. The minimum Gasteiger partial charge on any atom is -0.482 e. The zero-order valence-corrected chi connectivity index (χ0v) is 17.3. The Bertz CT molecular complexity index is 1140. The first-order valence-corrected chi connectivity index (χ1v) is 10.5. The first-order valence-electron chi connectivity index (χ1n) is 10.5. The molecule has 5 rings (SSSR count). The molecule has 2 heterocycles. The van der Waals surface area contributed by atoms with Gasteiger partial charge in [-0.2, -0.15) is 5.10 Å². The maximum Gasteiger partial charge on any atom is 0.262 e. The number of amides is 1. The molecule has 1 amide bonds. The van der Waals surface area contributed by atoms with Crippen LogP contribution in [0.2, 0.25) is 0 Å². The number of benzene rings is 2. The van der Waals surface area contributed by atoms with Crippen molar-refractivity contribution in [2.45, 2.75) is 32.7 Å². The number of aliphatic hydroxyl groups excluding tert-OH is 1. The van der Waals surface area contributed by atoms with Crippen molar-refractivity contribution in [1.82, 2.24) is 9.78 Å². The quantitative estimate of drug-likeness (QED) is 0.649. The third-order valence-electron chi connectivity index (χ3n) is 6.38. The third kappa shape index (κ3) is 3.49. The molecule has 6 nitrogen and oxygen atoms in total. The number of ether oxygens (including phenoxy) is 1. The second-order valence-corrected chi connectivity index (χ2v) is 8.53. The van der Waals surface area contributed by atoms with Gasteiger partial charge in [0.15, 0.2) is 6.61 Å². The monoisotopic (exact) mass is 421 g/mol. The summed E-state index contributed by atoms with van der Waals surface area (Å²) in [5.74, 6) is 0.142. The average Bonchev–Trinajstić information content (AvgIpc) is 3.06. The standard InChI is InChI=1S/C24H24FN3O3/c1-15-22(17-5-8-20-19(11-17)26-21(30)12-31-20)23(16-3-6-18(25)7-4-16)28(27-15)13-24(14-29)9-2-10-24/h3-8,11,29H,2,9-10,12-14H2,1H3,(H,26,30). The summed E-state index contributed by atoms with van der Waals surface area (Å²) >= 11 is 0. The van der Waals surface area contributed by atoms with Crippen LogP contribution in [0.3, 0.4) is 0 Å². The topological polar surface area (TPSA) is 76.4 Å². The molecule has 0 spiro atoms. The Morgan fingerprint density at radius 1 is 1.19 bits per heavy atom. The van der Waals surface area contributed by atoms with Gasteiger partial charge in [-0.05, 0) is 61.7 Å². The van der Waals surface area contributed by atoms with Gasteiger partial charge in [-0.1, -0.05) is 12.5 Å². The van der Waals surface area contributed by atoms with Crippen molar-refractivity contribution in [3.05, 3.63) is 54.0 Å². The van der Waals surface area contributed by atoms with Crippen molar-refractivity contribution >= 4 is 11.6 Å². The Labute approximate surface area is 179 Å². The highest BCUT2D eigenvalue weighted by atomic mass is 19.1. The Morgan fingerprint density at radius 2 is 1.94 bits per heavy atom. The maximum atomic E-state index is 13.6. The van der Waals surface area contributed by atoms with Crippen molar-refractivity contribution in [2.75, 3.05) is 18.5 Å². The minimum atomic E-state index is -0.299. The van der Waals surface area contributed by atoms with E-state index in [1.54, 1.807) is 12.1 Å². The molecule has 7 heteroatoms. The molecule has 1 aliphatic heterocycles. The van der Waals surface area contributed by atoms with E-state index in [0.29, 0.717) is 18.0 Å². The highest BCUT2D eigenvalue weighted by Crippen LogP contribution is 2.45. The lowest BCUT2D eigenvalue weighted by atomic mass is 9.69. The zero-order chi connectivity index (χ0) is 21.6. The number of hydrogen-bond donors (Lipinski definition) is 2. The maximum absolute atomic E-state index is 13.6. The van der Waals surface area contributed by atoms with Gasteiger partial charge in [0, 0.05) is 23.1 Å². The van der Waals surface area contributed by atoms with Crippen LogP contribution < -0.4 is 10.1 Å². The number of aliphatic hydroxyl groups is 1. The number of carbonyl (C=O) groups excluding carboxylic acids is 1. The van der Waals surface area contributed by atoms with Gasteiger partial charge in [-0.3, -0.25) is 9.48 Å². The highest BCUT2D eigenvalue weighted by molar-refractivity contribution is 5.97. The lowest BCUT2D eigenvalue weighted by molar-refractivity contribution is -0.118. The number of anilines is 1. The molecule has 0 unspecified atom stereocenters. The second kappa shape index (κ2) is 7.50. The van der Waals surface area contributed by atoms with E-state index < -0.39 is 0 Å². The van der Waals surface area contributed by atoms with Crippen molar-refractivity contribution in [3.8, 4) is 28.1 Å². The SMILES string of the molecule is Cc1nn(CC2(CO)CCC2)c(-c2ccc(F)cc2)c1-c1ccc2c(c1)NC(=O)CO2. The molecule has 2 aliphatic rings. The Hall–Kier alpha value is -3.19. The van der Waals surface area contributed by atoms with Gasteiger partial charge >= 0.3 is 0 Å². The van der Waals surface area contributed by atoms with Crippen LogP contribution in [0, 0.1) is 18.2 Å². The summed E-state index contributed by atoms with van der Waals surface area (Å²) in [5.41, 5.74) is 4.82. The van der Waals surface area contributed by atoms with E-state index >= 15 is 0 Å². The van der Waals surface area contributed by atoms with Gasteiger partial charge < -0.3 is 15.2 Å². The summed E-state index contributed by atoms with van der Waals surface area (Å²) in [6.07, 6.45) is 3.02. The van der Waals surface area contributed by atoms with E-state index in [0.717, 1.165) is 47.3 Å². The van der Waals surface area contributed by atoms with E-state index in [9.17, 15) is 14.3 Å². The molecule has 1 fully saturated rings. The van der Waals surface area contributed by atoms with Gasteiger partial charge in [-0.15, -0.1) is 0 Å². The highest BCUT2D eigenvalue weighted by Gasteiger charge is 2.38. The van der Waals surface area contributed by atoms with Crippen molar-refractivity contribution in [1.29, 1.82) is 0 Å². The minimum absolute atomic E-state index is 0.00732. The van der Waals surface area contributed by atoms with Gasteiger partial charge in [0.1, 0.15) is 11.6 Å². The molecular formula is C24H24FN3O3. The summed E-state index contributed by atoms with van der Waals surface area (Å²) in [6.45, 7) is 2.67. The lowest BCUT2D eigenvalue weighted by Gasteiger charge is -2.40. The number of hydrogen-bond acceptors (Lipinski definition) is 4. The second-order valence-electron chi connectivity index (χ2n) is 8.53. The molecule has 0 radical (unpaired) electrons. The number of carbonyl (C=O) groups is 1. The molecular weight excluding hydrogens is 397 g/mol. The number of nitrogens with one attached hydrogen (secondary N) is 1. The molecule has 0 bridgehead atoms. The van der Waals surface area contributed by atoms with Crippen LogP contribution >= 0.6 is 0 Å². The molecule has 160 valence electrons. The predicted molar refractivity (Wildman–Crippen MR) is 115 cm³/mol. The fourth-order valence-corrected chi connectivity index (χ4v) is 4.54. The van der Waals surface area contributed by atoms with E-state index in [2.05, 4.69) is 5.32 Å². The van der Waals surface area contributed by atoms with Crippen LogP contribution in [0.25, 0.3) is 22.4 Å². The van der Waals surface area contributed by atoms with Gasteiger partial charge in [0.2, 0.25) is 0 Å². The van der Waals surface area contributed by atoms with Gasteiger partial charge in [0.25, 0.3) is 5.91 Å². The zero-order valence-electron chi connectivity index (χ0n) is 17.3. The molecule has 3 aromatic rings. The summed E-state index contributed by atoms with van der Waals surface area (Å²) in [5, 5.41) is 17.7. The first-order chi connectivity index (χ1) is 15.0. The summed E-state index contributed by atoms with van der Waals surface area (Å²) in [6, 6.07) is 12.1. The fraction of sp³-hybridized carbons (Fsp3) is 0.333. The molecule has 31 heavy (non-hydrogen) atoms. The normalized spacial score (nSPS) is 16.8. The molecule has 1 saturated carbocycles. The Kier molecular flexibility index (Phi) is 4.78. The number of fused-ring (bicyclic) bond motifs is 1. The van der Waals surface area contributed by atoms with Crippen LogP contribution in [0.4, 0.5) is 10.1 Å². The van der Waals surface area contributed by atoms with Gasteiger partial charge in [-0.25, -0.2) is 4.39 Å². The van der Waals surface area contributed by atoms with E-state index in [-0.39, 0.29) is 30.4 Å². The summed E-state index contributed by atoms with van der Waals surface area (Å²) in [7, 11) is 0. The largest absolute Gasteiger partial charge is 0.482 e. The molecule has 2 N–H and O–H groups in total. The van der Waals surface area contributed by atoms with Crippen molar-refractivity contribution in [2.24, 2.45) is 5.41 Å². The van der Waals surface area contributed by atoms with Gasteiger partial charge in [0.05, 0.1) is 23.7 Å². The molecule has 1 aliphatic carbocycles. The summed E-state index contributed by atoms with van der Waals surface area (Å²) < 4.78 is 21.1. The number of halogens is 1. The van der Waals surface area contributed by atoms with Crippen molar-refractivity contribution in [3.63, 3.8) is 0 Å². The fourth-order valence-electron chi connectivity index (χ4n) is 4.54. The Balaban J connectivity index is 1.65. The van der Waals surface area contributed by atoms with Crippen LogP contribution in [-0.4, -0.2) is 34.0 Å². The number of nitrogens with zero attached hydrogens (tertiary/aromatic N) is 2. The smallest absolute Gasteiger partial charge is 0.262 e.